The number of hydrogen-bond acceptors (Lipinski definition) is 3. The Bertz CT molecular complexity index is 726. The monoisotopic (exact) mass is 335 g/mol. The van der Waals surface area contributed by atoms with E-state index in [-0.39, 0.29) is 5.04 Å². The maximum absolute atomic E-state index is 12.0. The lowest BCUT2D eigenvalue weighted by Crippen LogP contribution is -2.44. The van der Waals surface area contributed by atoms with Gasteiger partial charge in [0.05, 0.1) is 12.6 Å². The highest BCUT2D eigenvalue weighted by atomic mass is 28.4. The minimum Gasteiger partial charge on any atom is -0.414 e. The van der Waals surface area contributed by atoms with Gasteiger partial charge >= 0.3 is 11.4 Å². The fourth-order valence-corrected chi connectivity index (χ4v) is 3.11. The first kappa shape index (κ1) is 17.5. The average Bonchev–Trinajstić information content (AvgIpc) is 2.79. The van der Waals surface area contributed by atoms with E-state index < -0.39 is 25.7 Å². The van der Waals surface area contributed by atoms with Gasteiger partial charge in [0.25, 0.3) is 0 Å². The number of benzene rings is 1. The largest absolute Gasteiger partial charge is 0.414 e. The van der Waals surface area contributed by atoms with Crippen molar-refractivity contribution < 1.29 is 4.43 Å². The van der Waals surface area contributed by atoms with Crippen LogP contribution >= 0.6 is 0 Å². The Morgan fingerprint density at radius 1 is 1.09 bits per heavy atom. The molecule has 126 valence electrons. The molecule has 0 fully saturated rings. The van der Waals surface area contributed by atoms with Crippen LogP contribution < -0.4 is 11.4 Å². The quantitative estimate of drug-likeness (QED) is 0.824. The summed E-state index contributed by atoms with van der Waals surface area (Å²) in [5.74, 6) is 0. The van der Waals surface area contributed by atoms with E-state index in [1.165, 1.54) is 4.57 Å². The molecule has 0 spiro atoms. The van der Waals surface area contributed by atoms with Gasteiger partial charge in [-0.2, -0.15) is 0 Å². The molecule has 0 aliphatic rings. The minimum atomic E-state index is -1.99. The van der Waals surface area contributed by atoms with Crippen LogP contribution in [0.4, 0.5) is 0 Å². The summed E-state index contributed by atoms with van der Waals surface area (Å²) < 4.78 is 7.44. The molecule has 1 atom stereocenters. The van der Waals surface area contributed by atoms with Gasteiger partial charge in [-0.05, 0) is 23.7 Å². The van der Waals surface area contributed by atoms with Crippen LogP contribution in [0.3, 0.4) is 0 Å². The van der Waals surface area contributed by atoms with Crippen LogP contribution in [0.1, 0.15) is 32.4 Å². The van der Waals surface area contributed by atoms with Crippen LogP contribution in [0.15, 0.2) is 39.9 Å². The summed E-state index contributed by atoms with van der Waals surface area (Å²) in [5.41, 5.74) is -0.0382. The molecule has 23 heavy (non-hydrogen) atoms. The minimum absolute atomic E-state index is 0.0593. The fraction of sp³-hybridized carbons (Fsp3) is 0.500. The van der Waals surface area contributed by atoms with Crippen LogP contribution in [0.5, 0.6) is 0 Å². The van der Waals surface area contributed by atoms with Gasteiger partial charge < -0.3 is 4.43 Å². The molecule has 0 unspecified atom stereocenters. The van der Waals surface area contributed by atoms with Crippen molar-refractivity contribution >= 4 is 8.32 Å². The third kappa shape index (κ3) is 3.73. The normalized spacial score (nSPS) is 14.0. The van der Waals surface area contributed by atoms with E-state index in [2.05, 4.69) is 44.1 Å². The molecule has 1 aromatic carbocycles. The summed E-state index contributed by atoms with van der Waals surface area (Å²) in [5, 5.41) is 4.74. The Kier molecular flexibility index (Phi) is 4.81. The first-order valence-corrected chi connectivity index (χ1v) is 10.6. The second-order valence-electron chi connectivity index (χ2n) is 7.23. The van der Waals surface area contributed by atoms with Crippen molar-refractivity contribution in [3.8, 4) is 0 Å². The van der Waals surface area contributed by atoms with E-state index in [1.54, 1.807) is 0 Å². The summed E-state index contributed by atoms with van der Waals surface area (Å²) in [4.78, 5) is 24.0. The Morgan fingerprint density at radius 2 is 1.61 bits per heavy atom. The van der Waals surface area contributed by atoms with Crippen LogP contribution in [-0.4, -0.2) is 29.7 Å². The number of rotatable bonds is 5. The third-order valence-corrected chi connectivity index (χ3v) is 9.12. The van der Waals surface area contributed by atoms with Crippen molar-refractivity contribution in [3.63, 3.8) is 0 Å². The number of hydrogen-bond donors (Lipinski definition) is 2. The zero-order valence-electron chi connectivity index (χ0n) is 14.3. The van der Waals surface area contributed by atoms with Gasteiger partial charge in [-0.3, -0.25) is 0 Å². The third-order valence-electron chi connectivity index (χ3n) is 4.62. The molecule has 2 aromatic rings. The number of nitrogens with zero attached hydrogens (tertiary/aromatic N) is 1. The maximum Gasteiger partial charge on any atom is 0.344 e. The average molecular weight is 335 g/mol. The van der Waals surface area contributed by atoms with Crippen LogP contribution in [0.2, 0.25) is 18.1 Å². The van der Waals surface area contributed by atoms with Gasteiger partial charge in [0.1, 0.15) is 0 Å². The first-order chi connectivity index (χ1) is 10.6. The van der Waals surface area contributed by atoms with Crippen molar-refractivity contribution in [1.82, 2.24) is 14.8 Å². The standard InChI is InChI=1S/C16H25N3O3Si/c1-16(2,3)23(4,5)22-11-13(12-9-7-6-8-10-12)19-14(20)17-18-15(19)21/h6-10,13H,11H2,1-5H3,(H,17,20)(H,18,21)/t13-/m0/s1. The second kappa shape index (κ2) is 6.33. The summed E-state index contributed by atoms with van der Waals surface area (Å²) in [6.07, 6.45) is 0. The molecule has 0 saturated carbocycles. The van der Waals surface area contributed by atoms with E-state index in [4.69, 9.17) is 4.43 Å². The van der Waals surface area contributed by atoms with Gasteiger partial charge in [-0.15, -0.1) is 0 Å². The molecule has 0 aliphatic heterocycles. The molecule has 2 N–H and O–H groups in total. The molecule has 0 saturated heterocycles. The lowest BCUT2D eigenvalue weighted by atomic mass is 10.1. The Morgan fingerprint density at radius 3 is 2.09 bits per heavy atom. The van der Waals surface area contributed by atoms with Gasteiger partial charge in [-0.1, -0.05) is 51.1 Å². The van der Waals surface area contributed by atoms with E-state index >= 15 is 0 Å². The van der Waals surface area contributed by atoms with Crippen LogP contribution in [-0.2, 0) is 4.43 Å². The lowest BCUT2D eigenvalue weighted by molar-refractivity contribution is 0.244. The molecule has 0 amide bonds. The summed E-state index contributed by atoms with van der Waals surface area (Å²) in [6.45, 7) is 11.1. The molecule has 2 rings (SSSR count). The first-order valence-electron chi connectivity index (χ1n) is 7.71. The summed E-state index contributed by atoms with van der Waals surface area (Å²) in [6, 6.07) is 9.03. The van der Waals surface area contributed by atoms with Crippen molar-refractivity contribution in [1.29, 1.82) is 0 Å². The SMILES string of the molecule is CC(C)(C)[Si](C)(C)OC[C@@H](c1ccccc1)n1c(=O)[nH][nH]c1=O. The molecular formula is C16H25N3O3Si. The van der Waals surface area contributed by atoms with Crippen molar-refractivity contribution in [2.75, 3.05) is 6.61 Å². The number of nitrogens with one attached hydrogen (secondary N) is 2. The summed E-state index contributed by atoms with van der Waals surface area (Å²) in [7, 11) is -1.99. The van der Waals surface area contributed by atoms with Gasteiger partial charge in [0, 0.05) is 0 Å². The Labute approximate surface area is 136 Å². The Hall–Kier alpha value is -1.86. The van der Waals surface area contributed by atoms with E-state index in [1.807, 2.05) is 30.3 Å². The fourth-order valence-electron chi connectivity index (χ4n) is 2.10. The molecule has 0 bridgehead atoms. The van der Waals surface area contributed by atoms with Crippen LogP contribution in [0.25, 0.3) is 0 Å². The number of aromatic amines is 2. The predicted octanol–water partition coefficient (Wildman–Crippen LogP) is 2.48. The molecule has 6 nitrogen and oxygen atoms in total. The highest BCUT2D eigenvalue weighted by molar-refractivity contribution is 6.74. The zero-order chi connectivity index (χ0) is 17.3. The molecule has 7 heteroatoms. The lowest BCUT2D eigenvalue weighted by Gasteiger charge is -2.37. The van der Waals surface area contributed by atoms with E-state index in [0.29, 0.717) is 6.61 Å². The number of H-pyrrole nitrogens is 2. The summed E-state index contributed by atoms with van der Waals surface area (Å²) >= 11 is 0. The van der Waals surface area contributed by atoms with Crippen LogP contribution in [0, 0.1) is 0 Å². The zero-order valence-corrected chi connectivity index (χ0v) is 15.3. The van der Waals surface area contributed by atoms with Crippen molar-refractivity contribution in [2.45, 2.75) is 44.9 Å². The van der Waals surface area contributed by atoms with E-state index in [9.17, 15) is 9.59 Å². The maximum atomic E-state index is 12.0. The smallest absolute Gasteiger partial charge is 0.344 e. The number of aromatic nitrogens is 3. The highest BCUT2D eigenvalue weighted by Gasteiger charge is 2.38. The molecule has 1 heterocycles. The Balaban J connectivity index is 2.37. The molecule has 0 aliphatic carbocycles. The highest BCUT2D eigenvalue weighted by Crippen LogP contribution is 2.37. The molecule has 1 aromatic heterocycles. The van der Waals surface area contributed by atoms with Gasteiger partial charge in [0.15, 0.2) is 8.32 Å². The van der Waals surface area contributed by atoms with Crippen molar-refractivity contribution in [3.05, 3.63) is 56.9 Å². The second-order valence-corrected chi connectivity index (χ2v) is 12.0. The van der Waals surface area contributed by atoms with Gasteiger partial charge in [0.2, 0.25) is 0 Å². The predicted molar refractivity (Wildman–Crippen MR) is 93.4 cm³/mol. The van der Waals surface area contributed by atoms with Gasteiger partial charge in [-0.25, -0.2) is 24.4 Å². The van der Waals surface area contributed by atoms with E-state index in [0.717, 1.165) is 5.56 Å². The topological polar surface area (TPSA) is 79.9 Å². The molecule has 0 radical (unpaired) electrons. The van der Waals surface area contributed by atoms with Crippen molar-refractivity contribution in [2.24, 2.45) is 0 Å². The molecular weight excluding hydrogens is 310 g/mol.